The highest BCUT2D eigenvalue weighted by Gasteiger charge is 2.20. The monoisotopic (exact) mass is 359 g/mol. The van der Waals surface area contributed by atoms with Gasteiger partial charge in [-0.05, 0) is 45.4 Å². The number of anilines is 1. The second kappa shape index (κ2) is 6.44. The highest BCUT2D eigenvalue weighted by atomic mass is 19.1. The summed E-state index contributed by atoms with van der Waals surface area (Å²) in [4.78, 5) is 19.5. The van der Waals surface area contributed by atoms with Crippen LogP contribution in [-0.4, -0.2) is 26.9 Å². The molecule has 7 nitrogen and oxygen atoms in total. The summed E-state index contributed by atoms with van der Waals surface area (Å²) < 4.78 is 20.6. The molecule has 3 aromatic rings. The molecule has 8 heteroatoms. The number of benzene rings is 1. The van der Waals surface area contributed by atoms with Crippen molar-refractivity contribution in [3.63, 3.8) is 0 Å². The number of ether oxygens (including phenoxy) is 1. The predicted octanol–water partition coefficient (Wildman–Crippen LogP) is 3.20. The quantitative estimate of drug-likeness (QED) is 0.747. The van der Waals surface area contributed by atoms with Gasteiger partial charge >= 0.3 is 0 Å². The van der Waals surface area contributed by atoms with E-state index in [9.17, 15) is 9.18 Å². The van der Waals surface area contributed by atoms with Crippen molar-refractivity contribution in [2.45, 2.75) is 39.3 Å². The van der Waals surface area contributed by atoms with Crippen molar-refractivity contribution in [3.8, 4) is 5.75 Å². The number of hydrogen-bond donors (Lipinski definition) is 2. The molecular formula is C18H22FN5O2. The molecule has 0 aliphatic carbocycles. The molecule has 0 fully saturated rings. The summed E-state index contributed by atoms with van der Waals surface area (Å²) in [7, 11) is 1.42. The molecule has 0 saturated heterocycles. The molecule has 0 amide bonds. The van der Waals surface area contributed by atoms with Crippen molar-refractivity contribution in [2.75, 3.05) is 12.4 Å². The molecule has 138 valence electrons. The fraction of sp³-hybridized carbons (Fsp3) is 0.389. The highest BCUT2D eigenvalue weighted by Crippen LogP contribution is 2.24. The number of H-pyrrole nitrogens is 1. The number of aromatic amines is 1. The molecule has 0 aliphatic rings. The van der Waals surface area contributed by atoms with Gasteiger partial charge < -0.3 is 10.1 Å². The van der Waals surface area contributed by atoms with Gasteiger partial charge in [0, 0.05) is 0 Å². The maximum atomic E-state index is 13.9. The molecule has 1 atom stereocenters. The molecule has 3 rings (SSSR count). The minimum absolute atomic E-state index is 0.183. The Kier molecular flexibility index (Phi) is 4.43. The van der Waals surface area contributed by atoms with Crippen LogP contribution in [0.25, 0.3) is 11.0 Å². The van der Waals surface area contributed by atoms with E-state index in [1.807, 2.05) is 27.7 Å². The van der Waals surface area contributed by atoms with Gasteiger partial charge in [-0.1, -0.05) is 6.07 Å². The molecule has 2 N–H and O–H groups in total. The molecule has 0 saturated carbocycles. The Balaban J connectivity index is 1.95. The molecule has 0 aliphatic heterocycles. The number of aromatic nitrogens is 4. The van der Waals surface area contributed by atoms with E-state index in [0.717, 1.165) is 0 Å². The Morgan fingerprint density at radius 3 is 2.69 bits per heavy atom. The number of nitrogens with zero attached hydrogens (tertiary/aromatic N) is 3. The zero-order chi connectivity index (χ0) is 19.1. The van der Waals surface area contributed by atoms with Crippen molar-refractivity contribution < 1.29 is 9.13 Å². The van der Waals surface area contributed by atoms with Crippen LogP contribution in [0, 0.1) is 5.82 Å². The van der Waals surface area contributed by atoms with Gasteiger partial charge in [-0.2, -0.15) is 10.1 Å². The van der Waals surface area contributed by atoms with E-state index in [2.05, 4.69) is 20.4 Å². The molecule has 0 spiro atoms. The highest BCUT2D eigenvalue weighted by molar-refractivity contribution is 5.74. The van der Waals surface area contributed by atoms with Crippen molar-refractivity contribution >= 4 is 17.0 Å². The Morgan fingerprint density at radius 2 is 2.08 bits per heavy atom. The van der Waals surface area contributed by atoms with E-state index in [1.165, 1.54) is 19.4 Å². The fourth-order valence-electron chi connectivity index (χ4n) is 2.72. The normalized spacial score (nSPS) is 13.0. The number of halogens is 1. The summed E-state index contributed by atoms with van der Waals surface area (Å²) in [5, 5.41) is 7.81. The number of nitrogens with one attached hydrogen (secondary N) is 2. The van der Waals surface area contributed by atoms with E-state index < -0.39 is 5.82 Å². The SMILES string of the molecule is COc1ccc(C(C)Nc2nc3c(cnn3C(C)(C)C)c(=O)[nH]2)cc1F. The summed E-state index contributed by atoms with van der Waals surface area (Å²) in [6.07, 6.45) is 1.51. The van der Waals surface area contributed by atoms with Crippen LogP contribution in [0.15, 0.2) is 29.2 Å². The van der Waals surface area contributed by atoms with Crippen molar-refractivity contribution in [1.29, 1.82) is 0 Å². The van der Waals surface area contributed by atoms with Crippen LogP contribution in [0.5, 0.6) is 5.75 Å². The minimum atomic E-state index is -0.443. The van der Waals surface area contributed by atoms with Crippen molar-refractivity contribution in [3.05, 3.63) is 46.1 Å². The third kappa shape index (κ3) is 3.26. The first-order chi connectivity index (χ1) is 12.2. The van der Waals surface area contributed by atoms with Crippen LogP contribution >= 0.6 is 0 Å². The first-order valence-electron chi connectivity index (χ1n) is 8.29. The van der Waals surface area contributed by atoms with Gasteiger partial charge in [-0.15, -0.1) is 0 Å². The predicted molar refractivity (Wildman–Crippen MR) is 98.1 cm³/mol. The standard InChI is InChI=1S/C18H22FN5O2/c1-10(11-6-7-14(26-5)13(19)8-11)21-17-22-15-12(16(25)23-17)9-20-24(15)18(2,3)4/h6-10H,1-5H3,(H2,21,22,23,25). The Hall–Kier alpha value is -2.90. The van der Waals surface area contributed by atoms with E-state index in [1.54, 1.807) is 16.8 Å². The Morgan fingerprint density at radius 1 is 1.35 bits per heavy atom. The summed E-state index contributed by atoms with van der Waals surface area (Å²) in [6.45, 7) is 7.81. The lowest BCUT2D eigenvalue weighted by atomic mass is 10.1. The zero-order valence-electron chi connectivity index (χ0n) is 15.4. The molecular weight excluding hydrogens is 337 g/mol. The lowest BCUT2D eigenvalue weighted by Crippen LogP contribution is -2.24. The molecule has 2 aromatic heterocycles. The molecule has 0 radical (unpaired) electrons. The fourth-order valence-corrected chi connectivity index (χ4v) is 2.72. The van der Waals surface area contributed by atoms with Crippen molar-refractivity contribution in [2.24, 2.45) is 0 Å². The average Bonchev–Trinajstić information content (AvgIpc) is 2.99. The zero-order valence-corrected chi connectivity index (χ0v) is 15.4. The lowest BCUT2D eigenvalue weighted by molar-refractivity contribution is 0.366. The minimum Gasteiger partial charge on any atom is -0.494 e. The van der Waals surface area contributed by atoms with Crippen LogP contribution in [0.3, 0.4) is 0 Å². The molecule has 2 heterocycles. The number of fused-ring (bicyclic) bond motifs is 1. The molecule has 26 heavy (non-hydrogen) atoms. The van der Waals surface area contributed by atoms with Crippen molar-refractivity contribution in [1.82, 2.24) is 19.7 Å². The smallest absolute Gasteiger partial charge is 0.263 e. The molecule has 1 aromatic carbocycles. The Labute approximate surface area is 150 Å². The van der Waals surface area contributed by atoms with Gasteiger partial charge in [0.05, 0.1) is 24.9 Å². The van der Waals surface area contributed by atoms with Gasteiger partial charge in [0.25, 0.3) is 5.56 Å². The number of rotatable bonds is 4. The Bertz CT molecular complexity index is 1000. The maximum Gasteiger partial charge on any atom is 0.263 e. The topological polar surface area (TPSA) is 84.8 Å². The molecule has 0 bridgehead atoms. The van der Waals surface area contributed by atoms with Crippen LogP contribution < -0.4 is 15.6 Å². The van der Waals surface area contributed by atoms with Crippen LogP contribution in [0.4, 0.5) is 10.3 Å². The van der Waals surface area contributed by atoms with E-state index in [0.29, 0.717) is 22.5 Å². The maximum absolute atomic E-state index is 13.9. The second-order valence-electron chi connectivity index (χ2n) is 7.14. The lowest BCUT2D eigenvalue weighted by Gasteiger charge is -2.20. The largest absolute Gasteiger partial charge is 0.494 e. The van der Waals surface area contributed by atoms with Gasteiger partial charge in [-0.3, -0.25) is 9.78 Å². The van der Waals surface area contributed by atoms with Gasteiger partial charge in [-0.25, -0.2) is 9.07 Å². The summed E-state index contributed by atoms with van der Waals surface area (Å²) in [5.74, 6) is 0.0431. The van der Waals surface area contributed by atoms with Crippen LogP contribution in [0.1, 0.15) is 39.3 Å². The van der Waals surface area contributed by atoms with Gasteiger partial charge in [0.15, 0.2) is 17.2 Å². The van der Waals surface area contributed by atoms with E-state index in [4.69, 9.17) is 4.74 Å². The van der Waals surface area contributed by atoms with E-state index >= 15 is 0 Å². The first-order valence-corrected chi connectivity index (χ1v) is 8.29. The van der Waals surface area contributed by atoms with Gasteiger partial charge in [0.2, 0.25) is 5.95 Å². The number of methoxy groups -OCH3 is 1. The average molecular weight is 359 g/mol. The third-order valence-electron chi connectivity index (χ3n) is 4.10. The first kappa shape index (κ1) is 17.9. The summed E-state index contributed by atoms with van der Waals surface area (Å²) in [6, 6.07) is 4.45. The van der Waals surface area contributed by atoms with Crippen LogP contribution in [-0.2, 0) is 5.54 Å². The molecule has 1 unspecified atom stereocenters. The summed E-state index contributed by atoms with van der Waals surface area (Å²) in [5.41, 5.74) is 0.609. The van der Waals surface area contributed by atoms with E-state index in [-0.39, 0.29) is 22.9 Å². The number of hydrogen-bond acceptors (Lipinski definition) is 5. The second-order valence-corrected chi connectivity index (χ2v) is 7.14. The summed E-state index contributed by atoms with van der Waals surface area (Å²) >= 11 is 0. The van der Waals surface area contributed by atoms with Crippen LogP contribution in [0.2, 0.25) is 0 Å². The third-order valence-corrected chi connectivity index (χ3v) is 4.10. The van der Waals surface area contributed by atoms with Gasteiger partial charge in [0.1, 0.15) is 5.39 Å².